The van der Waals surface area contributed by atoms with Gasteiger partial charge in [-0.05, 0) is 43.2 Å². The van der Waals surface area contributed by atoms with E-state index in [9.17, 15) is 0 Å². The topological polar surface area (TPSA) is 51.0 Å². The molecule has 2 unspecified atom stereocenters. The fraction of sp³-hybridized carbons (Fsp3) is 0.529. The first-order valence-corrected chi connectivity index (χ1v) is 7.78. The molecular weight excluding hydrogens is 262 g/mol. The van der Waals surface area contributed by atoms with Crippen LogP contribution in [-0.4, -0.2) is 16.2 Å². The summed E-state index contributed by atoms with van der Waals surface area (Å²) in [6.07, 6.45) is 3.78. The normalized spacial score (nSPS) is 25.8. The Bertz CT molecular complexity index is 598. The third-order valence-electron chi connectivity index (χ3n) is 4.22. The summed E-state index contributed by atoms with van der Waals surface area (Å²) in [5, 5.41) is 11.8. The molecule has 1 heterocycles. The summed E-state index contributed by atoms with van der Waals surface area (Å²) in [4.78, 5) is 0. The maximum absolute atomic E-state index is 5.58. The Balaban J connectivity index is 1.82. The predicted molar refractivity (Wildman–Crippen MR) is 84.1 cm³/mol. The molecule has 1 fully saturated rings. The van der Waals surface area contributed by atoms with Crippen LogP contribution in [0.4, 0.5) is 5.69 Å². The zero-order chi connectivity index (χ0) is 14.8. The van der Waals surface area contributed by atoms with Crippen molar-refractivity contribution in [2.45, 2.75) is 46.1 Å². The predicted octanol–water partition coefficient (Wildman–Crippen LogP) is 4.28. The van der Waals surface area contributed by atoms with Crippen molar-refractivity contribution in [1.82, 2.24) is 10.2 Å². The largest absolute Gasteiger partial charge is 0.421 e. The number of nitrogens with zero attached hydrogens (tertiary/aromatic N) is 2. The molecule has 2 atom stereocenters. The van der Waals surface area contributed by atoms with E-state index in [1.807, 2.05) is 25.1 Å². The van der Waals surface area contributed by atoms with Crippen LogP contribution in [0.5, 0.6) is 0 Å². The highest BCUT2D eigenvalue weighted by atomic mass is 16.4. The average Bonchev–Trinajstić information content (AvgIpc) is 2.85. The Hall–Kier alpha value is -1.84. The number of rotatable bonds is 3. The van der Waals surface area contributed by atoms with Crippen LogP contribution < -0.4 is 5.32 Å². The number of hydrogen-bond acceptors (Lipinski definition) is 4. The van der Waals surface area contributed by atoms with E-state index in [1.54, 1.807) is 0 Å². The Kier molecular flexibility index (Phi) is 3.95. The molecule has 4 heteroatoms. The summed E-state index contributed by atoms with van der Waals surface area (Å²) in [5.41, 5.74) is 2.08. The second-order valence-electron chi connectivity index (χ2n) is 6.43. The summed E-state index contributed by atoms with van der Waals surface area (Å²) < 4.78 is 5.58. The van der Waals surface area contributed by atoms with E-state index in [-0.39, 0.29) is 0 Å². The van der Waals surface area contributed by atoms with E-state index in [0.717, 1.165) is 23.1 Å². The lowest BCUT2D eigenvalue weighted by molar-refractivity contribution is 0.281. The first-order valence-electron chi connectivity index (χ1n) is 7.78. The number of hydrogen-bond donors (Lipinski definition) is 1. The van der Waals surface area contributed by atoms with Crippen LogP contribution in [0.3, 0.4) is 0 Å². The minimum absolute atomic E-state index is 0.522. The van der Waals surface area contributed by atoms with Crippen molar-refractivity contribution < 1.29 is 4.42 Å². The molecule has 1 N–H and O–H groups in total. The fourth-order valence-corrected chi connectivity index (χ4v) is 3.49. The van der Waals surface area contributed by atoms with Crippen LogP contribution in [-0.2, 0) is 0 Å². The van der Waals surface area contributed by atoms with Gasteiger partial charge in [0.05, 0.1) is 5.56 Å². The van der Waals surface area contributed by atoms with Crippen LogP contribution in [0.2, 0.25) is 0 Å². The first kappa shape index (κ1) is 14.1. The van der Waals surface area contributed by atoms with Gasteiger partial charge in [0.25, 0.3) is 0 Å². The summed E-state index contributed by atoms with van der Waals surface area (Å²) >= 11 is 0. The van der Waals surface area contributed by atoms with Crippen molar-refractivity contribution in [3.05, 3.63) is 30.2 Å². The molecule has 0 amide bonds. The molecule has 0 saturated heterocycles. The fourth-order valence-electron chi connectivity index (χ4n) is 3.49. The molecule has 0 bridgehead atoms. The molecule has 1 aliphatic rings. The minimum Gasteiger partial charge on any atom is -0.421 e. The van der Waals surface area contributed by atoms with Gasteiger partial charge >= 0.3 is 0 Å². The smallest absolute Gasteiger partial charge is 0.249 e. The Morgan fingerprint density at radius 1 is 1.05 bits per heavy atom. The number of para-hydroxylation sites is 1. The maximum Gasteiger partial charge on any atom is 0.249 e. The summed E-state index contributed by atoms with van der Waals surface area (Å²) in [6, 6.07) is 8.70. The number of benzene rings is 1. The Labute approximate surface area is 126 Å². The average molecular weight is 285 g/mol. The standard InChI is InChI=1S/C17H23N3O/c1-11-8-12(2)10-14(9-11)18-16-7-5-4-6-15(16)17-20-19-13(3)21-17/h4-7,11-12,14,18H,8-10H2,1-3H3. The van der Waals surface area contributed by atoms with Crippen molar-refractivity contribution >= 4 is 5.69 Å². The van der Waals surface area contributed by atoms with Gasteiger partial charge in [0, 0.05) is 18.7 Å². The quantitative estimate of drug-likeness (QED) is 0.914. The number of aromatic nitrogens is 2. The second kappa shape index (κ2) is 5.88. The molecule has 1 aliphatic carbocycles. The van der Waals surface area contributed by atoms with E-state index >= 15 is 0 Å². The second-order valence-corrected chi connectivity index (χ2v) is 6.43. The molecule has 2 aromatic rings. The molecule has 0 radical (unpaired) electrons. The van der Waals surface area contributed by atoms with Gasteiger partial charge in [-0.15, -0.1) is 10.2 Å². The lowest BCUT2D eigenvalue weighted by Gasteiger charge is -2.33. The van der Waals surface area contributed by atoms with Crippen LogP contribution in [0.25, 0.3) is 11.5 Å². The van der Waals surface area contributed by atoms with E-state index in [4.69, 9.17) is 4.42 Å². The van der Waals surface area contributed by atoms with E-state index in [0.29, 0.717) is 17.8 Å². The highest BCUT2D eigenvalue weighted by Crippen LogP contribution is 2.33. The van der Waals surface area contributed by atoms with Gasteiger partial charge in [-0.2, -0.15) is 0 Å². The third kappa shape index (κ3) is 3.26. The maximum atomic E-state index is 5.58. The first-order chi connectivity index (χ1) is 10.1. The Morgan fingerprint density at radius 3 is 2.43 bits per heavy atom. The van der Waals surface area contributed by atoms with Crippen LogP contribution in [0.1, 0.15) is 39.0 Å². The molecular formula is C17H23N3O. The molecule has 3 rings (SSSR count). The molecule has 21 heavy (non-hydrogen) atoms. The third-order valence-corrected chi connectivity index (χ3v) is 4.22. The molecule has 1 aromatic heterocycles. The van der Waals surface area contributed by atoms with Crippen molar-refractivity contribution in [2.75, 3.05) is 5.32 Å². The van der Waals surface area contributed by atoms with Gasteiger partial charge in [-0.25, -0.2) is 0 Å². The summed E-state index contributed by atoms with van der Waals surface area (Å²) in [7, 11) is 0. The molecule has 1 aromatic carbocycles. The van der Waals surface area contributed by atoms with Crippen molar-refractivity contribution in [3.63, 3.8) is 0 Å². The highest BCUT2D eigenvalue weighted by Gasteiger charge is 2.24. The molecule has 0 aliphatic heterocycles. The van der Waals surface area contributed by atoms with Gasteiger partial charge in [0.1, 0.15) is 0 Å². The lowest BCUT2D eigenvalue weighted by atomic mass is 9.80. The summed E-state index contributed by atoms with van der Waals surface area (Å²) in [6.45, 7) is 6.51. The van der Waals surface area contributed by atoms with Crippen molar-refractivity contribution in [3.8, 4) is 11.5 Å². The molecule has 112 valence electrons. The zero-order valence-corrected chi connectivity index (χ0v) is 13.0. The van der Waals surface area contributed by atoms with E-state index in [2.05, 4.69) is 35.4 Å². The summed E-state index contributed by atoms with van der Waals surface area (Å²) in [5.74, 6) is 2.75. The van der Waals surface area contributed by atoms with Gasteiger partial charge in [0.2, 0.25) is 11.8 Å². The van der Waals surface area contributed by atoms with Gasteiger partial charge in [-0.3, -0.25) is 0 Å². The SMILES string of the molecule is Cc1nnc(-c2ccccc2NC2CC(C)CC(C)C2)o1. The Morgan fingerprint density at radius 2 is 1.76 bits per heavy atom. The van der Waals surface area contributed by atoms with Crippen LogP contribution in [0, 0.1) is 18.8 Å². The molecule has 1 saturated carbocycles. The van der Waals surface area contributed by atoms with Crippen molar-refractivity contribution in [1.29, 1.82) is 0 Å². The van der Waals surface area contributed by atoms with Crippen molar-refractivity contribution in [2.24, 2.45) is 11.8 Å². The molecule has 0 spiro atoms. The lowest BCUT2D eigenvalue weighted by Crippen LogP contribution is -2.30. The highest BCUT2D eigenvalue weighted by molar-refractivity contribution is 5.72. The number of aryl methyl sites for hydroxylation is 1. The monoisotopic (exact) mass is 285 g/mol. The van der Waals surface area contributed by atoms with Gasteiger partial charge in [-0.1, -0.05) is 26.0 Å². The molecule has 4 nitrogen and oxygen atoms in total. The van der Waals surface area contributed by atoms with E-state index < -0.39 is 0 Å². The zero-order valence-electron chi connectivity index (χ0n) is 13.0. The van der Waals surface area contributed by atoms with Gasteiger partial charge in [0.15, 0.2) is 0 Å². The van der Waals surface area contributed by atoms with Crippen LogP contribution in [0.15, 0.2) is 28.7 Å². The van der Waals surface area contributed by atoms with E-state index in [1.165, 1.54) is 19.3 Å². The van der Waals surface area contributed by atoms with Gasteiger partial charge < -0.3 is 9.73 Å². The number of nitrogens with one attached hydrogen (secondary N) is 1. The van der Waals surface area contributed by atoms with Crippen LogP contribution >= 0.6 is 0 Å². The number of anilines is 1. The minimum atomic E-state index is 0.522.